The molecule has 0 radical (unpaired) electrons. The molecule has 0 bridgehead atoms. The molecule has 0 amide bonds. The van der Waals surface area contributed by atoms with Crippen molar-refractivity contribution in [2.45, 2.75) is 43.1 Å². The predicted molar refractivity (Wildman–Crippen MR) is 60.0 cm³/mol. The molecule has 2 atom stereocenters. The van der Waals surface area contributed by atoms with Crippen molar-refractivity contribution in [1.29, 1.82) is 0 Å². The van der Waals surface area contributed by atoms with Gasteiger partial charge in [-0.1, -0.05) is 5.21 Å². The van der Waals surface area contributed by atoms with Crippen LogP contribution < -0.4 is 5.73 Å². The Labute approximate surface area is 98.7 Å². The van der Waals surface area contributed by atoms with Gasteiger partial charge < -0.3 is 5.73 Å². The molecule has 1 heterocycles. The summed E-state index contributed by atoms with van der Waals surface area (Å²) in [4.78, 5) is 0. The summed E-state index contributed by atoms with van der Waals surface area (Å²) in [6.45, 7) is 0. The van der Waals surface area contributed by atoms with E-state index in [4.69, 9.17) is 28.9 Å². The molecule has 84 valence electrons. The zero-order chi connectivity index (χ0) is 10.8. The minimum Gasteiger partial charge on any atom is -0.328 e. The summed E-state index contributed by atoms with van der Waals surface area (Å²) >= 11 is 11.6. The van der Waals surface area contributed by atoms with E-state index in [2.05, 4.69) is 10.3 Å². The Bertz CT molecular complexity index is 339. The smallest absolute Gasteiger partial charge is 0.102 e. The molecule has 0 aromatic carbocycles. The van der Waals surface area contributed by atoms with Crippen LogP contribution in [0.5, 0.6) is 0 Å². The number of halogens is 2. The Hall–Kier alpha value is -0.320. The van der Waals surface area contributed by atoms with Gasteiger partial charge in [-0.25, -0.2) is 4.68 Å². The lowest BCUT2D eigenvalue weighted by Gasteiger charge is -2.12. The van der Waals surface area contributed by atoms with Crippen LogP contribution in [-0.4, -0.2) is 21.0 Å². The molecule has 6 heteroatoms. The monoisotopic (exact) mass is 248 g/mol. The van der Waals surface area contributed by atoms with Gasteiger partial charge in [0.15, 0.2) is 0 Å². The third-order valence-corrected chi connectivity index (χ3v) is 3.42. The molecule has 1 aromatic rings. The molecule has 0 aliphatic heterocycles. The van der Waals surface area contributed by atoms with E-state index in [-0.39, 0.29) is 6.04 Å². The molecule has 0 saturated heterocycles. The quantitative estimate of drug-likeness (QED) is 0.831. The van der Waals surface area contributed by atoms with E-state index < -0.39 is 0 Å². The molecular formula is C9H14Cl2N4. The number of hydrogen-bond acceptors (Lipinski definition) is 3. The second kappa shape index (κ2) is 4.68. The lowest BCUT2D eigenvalue weighted by Crippen LogP contribution is -2.17. The standard InChI is InChI=1S/C9H14Cl2N4/c10-4-8-9(5-11)15(14-13-8)7-2-1-6(12)3-7/h6-7H,1-5,12H2/t6-,7+/m1/s1. The molecule has 2 rings (SSSR count). The van der Waals surface area contributed by atoms with E-state index in [0.29, 0.717) is 17.8 Å². The number of hydrogen-bond donors (Lipinski definition) is 1. The summed E-state index contributed by atoms with van der Waals surface area (Å²) < 4.78 is 1.90. The number of aromatic nitrogens is 3. The van der Waals surface area contributed by atoms with Crippen molar-refractivity contribution in [3.8, 4) is 0 Å². The second-order valence-corrected chi connectivity index (χ2v) is 4.46. The average molecular weight is 249 g/mol. The highest BCUT2D eigenvalue weighted by molar-refractivity contribution is 6.18. The van der Waals surface area contributed by atoms with E-state index in [0.717, 1.165) is 30.7 Å². The van der Waals surface area contributed by atoms with Crippen LogP contribution in [0.1, 0.15) is 36.7 Å². The molecule has 4 nitrogen and oxygen atoms in total. The lowest BCUT2D eigenvalue weighted by molar-refractivity contribution is 0.438. The zero-order valence-corrected chi connectivity index (χ0v) is 9.88. The maximum absolute atomic E-state index is 5.88. The number of rotatable bonds is 3. The number of nitrogens with two attached hydrogens (primary N) is 1. The summed E-state index contributed by atoms with van der Waals surface area (Å²) in [5.74, 6) is 0.765. The number of nitrogens with zero attached hydrogens (tertiary/aromatic N) is 3. The molecule has 1 saturated carbocycles. The molecule has 1 aliphatic rings. The van der Waals surface area contributed by atoms with Gasteiger partial charge in [-0.2, -0.15) is 0 Å². The van der Waals surface area contributed by atoms with E-state index in [1.807, 2.05) is 4.68 Å². The first kappa shape index (κ1) is 11.2. The van der Waals surface area contributed by atoms with Crippen LogP contribution in [0.3, 0.4) is 0 Å². The Kier molecular flexibility index (Phi) is 3.49. The summed E-state index contributed by atoms with van der Waals surface area (Å²) in [6.07, 6.45) is 3.05. The predicted octanol–water partition coefficient (Wildman–Crippen LogP) is 1.81. The van der Waals surface area contributed by atoms with Crippen molar-refractivity contribution in [2.75, 3.05) is 0 Å². The topological polar surface area (TPSA) is 56.7 Å². The van der Waals surface area contributed by atoms with Crippen molar-refractivity contribution in [1.82, 2.24) is 15.0 Å². The van der Waals surface area contributed by atoms with Gasteiger partial charge in [-0.3, -0.25) is 0 Å². The molecule has 1 fully saturated rings. The van der Waals surface area contributed by atoms with E-state index in [1.54, 1.807) is 0 Å². The first-order valence-corrected chi connectivity index (χ1v) is 6.13. The van der Waals surface area contributed by atoms with Gasteiger partial charge in [0.1, 0.15) is 5.69 Å². The summed E-state index contributed by atoms with van der Waals surface area (Å²) in [5, 5.41) is 8.15. The van der Waals surface area contributed by atoms with Gasteiger partial charge in [0.25, 0.3) is 0 Å². The van der Waals surface area contributed by atoms with E-state index >= 15 is 0 Å². The fraction of sp³-hybridized carbons (Fsp3) is 0.778. The molecule has 1 aliphatic carbocycles. The van der Waals surface area contributed by atoms with Crippen molar-refractivity contribution >= 4 is 23.2 Å². The molecule has 0 unspecified atom stereocenters. The Morgan fingerprint density at radius 2 is 2.13 bits per heavy atom. The summed E-state index contributed by atoms with van der Waals surface area (Å²) in [5.41, 5.74) is 7.59. The maximum atomic E-state index is 5.88. The van der Waals surface area contributed by atoms with Gasteiger partial charge in [-0.15, -0.1) is 28.3 Å². The Morgan fingerprint density at radius 1 is 1.33 bits per heavy atom. The van der Waals surface area contributed by atoms with E-state index in [1.165, 1.54) is 0 Å². The fourth-order valence-electron chi connectivity index (χ4n) is 2.10. The third kappa shape index (κ3) is 2.12. The van der Waals surface area contributed by atoms with Crippen molar-refractivity contribution in [3.63, 3.8) is 0 Å². The SMILES string of the molecule is N[C@@H]1CC[C@H](n2nnc(CCl)c2CCl)C1. The van der Waals surface area contributed by atoms with Crippen LogP contribution >= 0.6 is 23.2 Å². The minimum absolute atomic E-state index is 0.279. The van der Waals surface area contributed by atoms with Gasteiger partial charge in [0.05, 0.1) is 23.5 Å². The van der Waals surface area contributed by atoms with Crippen LogP contribution in [0.2, 0.25) is 0 Å². The summed E-state index contributed by atoms with van der Waals surface area (Å²) in [7, 11) is 0. The van der Waals surface area contributed by atoms with Gasteiger partial charge in [-0.05, 0) is 19.3 Å². The second-order valence-electron chi connectivity index (χ2n) is 3.92. The van der Waals surface area contributed by atoms with Gasteiger partial charge in [0.2, 0.25) is 0 Å². The van der Waals surface area contributed by atoms with Crippen LogP contribution in [-0.2, 0) is 11.8 Å². The highest BCUT2D eigenvalue weighted by Crippen LogP contribution is 2.30. The van der Waals surface area contributed by atoms with Crippen LogP contribution in [0.25, 0.3) is 0 Å². The third-order valence-electron chi connectivity index (χ3n) is 2.92. The van der Waals surface area contributed by atoms with Crippen molar-refractivity contribution in [2.24, 2.45) is 5.73 Å². The van der Waals surface area contributed by atoms with Gasteiger partial charge in [0, 0.05) is 6.04 Å². The molecule has 1 aromatic heterocycles. The summed E-state index contributed by atoms with van der Waals surface area (Å²) in [6, 6.07) is 0.625. The van der Waals surface area contributed by atoms with E-state index in [9.17, 15) is 0 Å². The highest BCUT2D eigenvalue weighted by Gasteiger charge is 2.26. The number of alkyl halides is 2. The largest absolute Gasteiger partial charge is 0.328 e. The van der Waals surface area contributed by atoms with Crippen LogP contribution in [0, 0.1) is 0 Å². The average Bonchev–Trinajstić information content (AvgIpc) is 2.82. The molecule has 0 spiro atoms. The Balaban J connectivity index is 2.24. The zero-order valence-electron chi connectivity index (χ0n) is 8.37. The van der Waals surface area contributed by atoms with Crippen LogP contribution in [0.15, 0.2) is 0 Å². The van der Waals surface area contributed by atoms with Gasteiger partial charge >= 0.3 is 0 Å². The minimum atomic E-state index is 0.279. The maximum Gasteiger partial charge on any atom is 0.102 e. The highest BCUT2D eigenvalue weighted by atomic mass is 35.5. The molecule has 2 N–H and O–H groups in total. The Morgan fingerprint density at radius 3 is 2.67 bits per heavy atom. The first-order chi connectivity index (χ1) is 7.26. The molecular weight excluding hydrogens is 235 g/mol. The normalized spacial score (nSPS) is 26.1. The van der Waals surface area contributed by atoms with Crippen LogP contribution in [0.4, 0.5) is 0 Å². The molecule has 15 heavy (non-hydrogen) atoms. The lowest BCUT2D eigenvalue weighted by atomic mass is 10.2. The fourth-order valence-corrected chi connectivity index (χ4v) is 2.58. The van der Waals surface area contributed by atoms with Crippen molar-refractivity contribution < 1.29 is 0 Å². The first-order valence-electron chi connectivity index (χ1n) is 5.06. The van der Waals surface area contributed by atoms with Crippen molar-refractivity contribution in [3.05, 3.63) is 11.4 Å².